The zero-order valence-electron chi connectivity index (χ0n) is 9.63. The molecule has 1 aromatic rings. The van der Waals surface area contributed by atoms with E-state index >= 15 is 0 Å². The Morgan fingerprint density at radius 2 is 2.18 bits per heavy atom. The normalized spacial score (nSPS) is 26.1. The molecule has 94 valence electrons. The van der Waals surface area contributed by atoms with Crippen LogP contribution in [0.1, 0.15) is 30.7 Å². The molecule has 1 aliphatic heterocycles. The number of benzene rings is 1. The van der Waals surface area contributed by atoms with Gasteiger partial charge in [0.2, 0.25) is 0 Å². The maximum Gasteiger partial charge on any atom is 0.0654 e. The highest BCUT2D eigenvalue weighted by Gasteiger charge is 2.34. The molecule has 0 spiro atoms. The fourth-order valence-electron chi connectivity index (χ4n) is 2.38. The summed E-state index contributed by atoms with van der Waals surface area (Å²) in [5.74, 6) is 0.317. The predicted octanol–water partition coefficient (Wildman–Crippen LogP) is 5.09. The van der Waals surface area contributed by atoms with Crippen LogP contribution in [0.15, 0.2) is 18.2 Å². The minimum Gasteiger partial charge on any atom is -0.378 e. The molecule has 1 aromatic carbocycles. The van der Waals surface area contributed by atoms with Gasteiger partial charge in [-0.25, -0.2) is 0 Å². The molecule has 0 aromatic heterocycles. The molecule has 0 amide bonds. The maximum absolute atomic E-state index is 6.54. The van der Waals surface area contributed by atoms with E-state index in [9.17, 15) is 0 Å². The summed E-state index contributed by atoms with van der Waals surface area (Å²) >= 11 is 18.7. The van der Waals surface area contributed by atoms with E-state index in [-0.39, 0.29) is 11.5 Å². The van der Waals surface area contributed by atoms with Gasteiger partial charge >= 0.3 is 0 Å². The lowest BCUT2D eigenvalue weighted by atomic mass is 9.91. The summed E-state index contributed by atoms with van der Waals surface area (Å²) in [6.45, 7) is 2.90. The van der Waals surface area contributed by atoms with Crippen LogP contribution in [0.25, 0.3) is 0 Å². The summed E-state index contributed by atoms with van der Waals surface area (Å²) in [6.07, 6.45) is 2.19. The van der Waals surface area contributed by atoms with Gasteiger partial charge in [-0.05, 0) is 36.6 Å². The van der Waals surface area contributed by atoms with E-state index in [1.165, 1.54) is 0 Å². The van der Waals surface area contributed by atoms with Gasteiger partial charge in [0.05, 0.1) is 11.5 Å². The highest BCUT2D eigenvalue weighted by molar-refractivity contribution is 6.34. The lowest BCUT2D eigenvalue weighted by Crippen LogP contribution is -2.19. The zero-order valence-corrected chi connectivity index (χ0v) is 11.9. The van der Waals surface area contributed by atoms with Crippen LogP contribution in [0.2, 0.25) is 10.0 Å². The molecule has 3 unspecified atom stereocenters. The maximum atomic E-state index is 6.54. The van der Waals surface area contributed by atoms with Crippen molar-refractivity contribution >= 4 is 34.8 Å². The Kier molecular flexibility index (Phi) is 4.59. The molecule has 0 saturated carbocycles. The molecule has 1 aliphatic rings. The van der Waals surface area contributed by atoms with Crippen LogP contribution >= 0.6 is 34.8 Å². The number of halogens is 3. The molecular weight excluding hydrogens is 279 g/mol. The molecule has 0 bridgehead atoms. The molecule has 1 heterocycles. The summed E-state index contributed by atoms with van der Waals surface area (Å²) in [7, 11) is 0. The summed E-state index contributed by atoms with van der Waals surface area (Å²) in [5, 5.41) is 1.21. The lowest BCUT2D eigenvalue weighted by molar-refractivity contribution is 0.0864. The number of hydrogen-bond donors (Lipinski definition) is 0. The van der Waals surface area contributed by atoms with E-state index in [0.717, 1.165) is 25.0 Å². The van der Waals surface area contributed by atoms with Gasteiger partial charge in [0.1, 0.15) is 0 Å². The number of alkyl halides is 1. The molecule has 17 heavy (non-hydrogen) atoms. The minimum absolute atomic E-state index is 0.131. The molecule has 2 rings (SSSR count). The minimum atomic E-state index is -0.131. The van der Waals surface area contributed by atoms with Crippen LogP contribution < -0.4 is 0 Å². The summed E-state index contributed by atoms with van der Waals surface area (Å²) in [5.41, 5.74) is 0.912. The molecule has 1 nitrogen and oxygen atoms in total. The fourth-order valence-corrected chi connectivity index (χ4v) is 3.32. The summed E-state index contributed by atoms with van der Waals surface area (Å²) in [4.78, 5) is 0. The van der Waals surface area contributed by atoms with Gasteiger partial charge in [0.15, 0.2) is 0 Å². The molecule has 0 N–H and O–H groups in total. The third kappa shape index (κ3) is 2.90. The third-order valence-corrected chi connectivity index (χ3v) is 4.43. The van der Waals surface area contributed by atoms with E-state index in [0.29, 0.717) is 16.0 Å². The van der Waals surface area contributed by atoms with Crippen molar-refractivity contribution in [1.29, 1.82) is 0 Å². The van der Waals surface area contributed by atoms with E-state index in [2.05, 4.69) is 6.92 Å². The molecule has 4 heteroatoms. The number of rotatable bonds is 3. The van der Waals surface area contributed by atoms with Crippen molar-refractivity contribution in [2.24, 2.45) is 5.92 Å². The molecule has 0 aliphatic carbocycles. The van der Waals surface area contributed by atoms with Crippen LogP contribution in [0.3, 0.4) is 0 Å². The van der Waals surface area contributed by atoms with Gasteiger partial charge in [0, 0.05) is 22.6 Å². The van der Waals surface area contributed by atoms with E-state index in [1.54, 1.807) is 12.1 Å². The van der Waals surface area contributed by atoms with Gasteiger partial charge in [-0.3, -0.25) is 0 Å². The molecule has 0 radical (unpaired) electrons. The van der Waals surface area contributed by atoms with Crippen LogP contribution in [-0.4, -0.2) is 12.7 Å². The second-order valence-corrected chi connectivity index (χ2v) is 5.65. The van der Waals surface area contributed by atoms with Crippen molar-refractivity contribution in [1.82, 2.24) is 0 Å². The van der Waals surface area contributed by atoms with Crippen LogP contribution in [0.5, 0.6) is 0 Å². The van der Waals surface area contributed by atoms with Crippen molar-refractivity contribution in [3.8, 4) is 0 Å². The Hall–Kier alpha value is 0.0500. The van der Waals surface area contributed by atoms with Crippen LogP contribution in [-0.2, 0) is 4.74 Å². The van der Waals surface area contributed by atoms with Crippen molar-refractivity contribution in [3.63, 3.8) is 0 Å². The average molecular weight is 294 g/mol. The topological polar surface area (TPSA) is 9.23 Å². The predicted molar refractivity (Wildman–Crippen MR) is 73.2 cm³/mol. The molecule has 3 atom stereocenters. The molecule has 1 saturated heterocycles. The van der Waals surface area contributed by atoms with Crippen LogP contribution in [0, 0.1) is 5.92 Å². The first-order valence-electron chi connectivity index (χ1n) is 5.84. The second-order valence-electron chi connectivity index (χ2n) is 4.34. The van der Waals surface area contributed by atoms with E-state index < -0.39 is 0 Å². The monoisotopic (exact) mass is 292 g/mol. The third-order valence-electron chi connectivity index (χ3n) is 3.29. The Morgan fingerprint density at radius 3 is 2.88 bits per heavy atom. The Bertz CT molecular complexity index is 394. The van der Waals surface area contributed by atoms with Gasteiger partial charge < -0.3 is 4.74 Å². The van der Waals surface area contributed by atoms with Gasteiger partial charge in [-0.15, -0.1) is 11.6 Å². The van der Waals surface area contributed by atoms with E-state index in [4.69, 9.17) is 39.5 Å². The Balaban J connectivity index is 2.24. The summed E-state index contributed by atoms with van der Waals surface area (Å²) in [6, 6.07) is 5.43. The van der Waals surface area contributed by atoms with Crippen molar-refractivity contribution in [3.05, 3.63) is 33.8 Å². The fraction of sp³-hybridized carbons (Fsp3) is 0.538. The average Bonchev–Trinajstić information content (AvgIpc) is 2.79. The SMILES string of the molecule is CCC1OCCC1C(Cl)c1cc(Cl)ccc1Cl. The first-order chi connectivity index (χ1) is 8.13. The standard InChI is InChI=1S/C13H15Cl3O/c1-2-12-9(5-6-17-12)13(16)10-7-8(14)3-4-11(10)15/h3-4,7,9,12-13H,2,5-6H2,1H3. The van der Waals surface area contributed by atoms with Crippen LogP contribution in [0.4, 0.5) is 0 Å². The van der Waals surface area contributed by atoms with E-state index in [1.807, 2.05) is 6.07 Å². The van der Waals surface area contributed by atoms with Crippen molar-refractivity contribution in [2.45, 2.75) is 31.2 Å². The largest absolute Gasteiger partial charge is 0.378 e. The number of hydrogen-bond acceptors (Lipinski definition) is 1. The zero-order chi connectivity index (χ0) is 12.4. The Morgan fingerprint density at radius 1 is 1.41 bits per heavy atom. The van der Waals surface area contributed by atoms with Crippen molar-refractivity contribution in [2.75, 3.05) is 6.61 Å². The second kappa shape index (κ2) is 5.79. The quantitative estimate of drug-likeness (QED) is 0.705. The highest BCUT2D eigenvalue weighted by atomic mass is 35.5. The Labute approximate surface area is 117 Å². The van der Waals surface area contributed by atoms with Gasteiger partial charge in [-0.2, -0.15) is 0 Å². The molecular formula is C13H15Cl3O. The molecule has 1 fully saturated rings. The first kappa shape index (κ1) is 13.5. The van der Waals surface area contributed by atoms with Gasteiger partial charge in [0.25, 0.3) is 0 Å². The smallest absolute Gasteiger partial charge is 0.0654 e. The number of ether oxygens (including phenoxy) is 1. The lowest BCUT2D eigenvalue weighted by Gasteiger charge is -2.23. The highest BCUT2D eigenvalue weighted by Crippen LogP contribution is 2.42. The van der Waals surface area contributed by atoms with Gasteiger partial charge in [-0.1, -0.05) is 30.1 Å². The van der Waals surface area contributed by atoms with Crippen molar-refractivity contribution < 1.29 is 4.74 Å². The first-order valence-corrected chi connectivity index (χ1v) is 7.03. The summed E-state index contributed by atoms with van der Waals surface area (Å²) < 4.78 is 5.67.